The Morgan fingerprint density at radius 1 is 1.06 bits per heavy atom. The molecule has 7 heteroatoms. The summed E-state index contributed by atoms with van der Waals surface area (Å²) in [6.07, 6.45) is 4.41. The maximum atomic E-state index is 13.3. The third kappa shape index (κ3) is 4.63. The lowest BCUT2D eigenvalue weighted by molar-refractivity contribution is 0.101. The smallest absolute Gasteiger partial charge is 0.196 e. The molecule has 0 unspecified atom stereocenters. The average molecular weight is 452 g/mol. The number of nitrogen functional groups attached to an aromatic ring is 1. The molecule has 0 bridgehead atoms. The lowest BCUT2D eigenvalue weighted by Gasteiger charge is -2.12. The Kier molecular flexibility index (Phi) is 6.20. The van der Waals surface area contributed by atoms with Gasteiger partial charge in [0.25, 0.3) is 0 Å². The van der Waals surface area contributed by atoms with Gasteiger partial charge in [0.15, 0.2) is 15.6 Å². The number of hydrogen-bond donors (Lipinski definition) is 1. The SMILES string of the molecule is Cc1cccc(C)c1Cn1nc(C2CCCC2)cc1C(=O)CS(=O)(=O)c1cccc(N)c1. The fraction of sp³-hybridized carbons (Fsp3) is 0.360. The van der Waals surface area contributed by atoms with Crippen molar-refractivity contribution in [3.8, 4) is 0 Å². The molecule has 32 heavy (non-hydrogen) atoms. The Morgan fingerprint density at radius 2 is 1.72 bits per heavy atom. The van der Waals surface area contributed by atoms with Gasteiger partial charge >= 0.3 is 0 Å². The van der Waals surface area contributed by atoms with Crippen LogP contribution in [0.4, 0.5) is 5.69 Å². The van der Waals surface area contributed by atoms with Crippen LogP contribution in [0.25, 0.3) is 0 Å². The van der Waals surface area contributed by atoms with E-state index in [-0.39, 0.29) is 4.90 Å². The zero-order chi connectivity index (χ0) is 22.9. The van der Waals surface area contributed by atoms with Crippen LogP contribution in [0.2, 0.25) is 0 Å². The molecule has 6 nitrogen and oxygen atoms in total. The van der Waals surface area contributed by atoms with Crippen LogP contribution >= 0.6 is 0 Å². The van der Waals surface area contributed by atoms with E-state index in [1.54, 1.807) is 22.9 Å². The minimum absolute atomic E-state index is 0.0580. The zero-order valence-electron chi connectivity index (χ0n) is 18.5. The number of ketones is 1. The predicted octanol–water partition coefficient (Wildman–Crippen LogP) is 4.44. The highest BCUT2D eigenvalue weighted by Gasteiger charge is 2.27. The number of carbonyl (C=O) groups is 1. The summed E-state index contributed by atoms with van der Waals surface area (Å²) in [6, 6.07) is 13.9. The Morgan fingerprint density at radius 3 is 2.38 bits per heavy atom. The summed E-state index contributed by atoms with van der Waals surface area (Å²) in [5.41, 5.74) is 10.7. The summed E-state index contributed by atoms with van der Waals surface area (Å²) in [6.45, 7) is 4.51. The summed E-state index contributed by atoms with van der Waals surface area (Å²) >= 11 is 0. The van der Waals surface area contributed by atoms with Crippen molar-refractivity contribution >= 4 is 21.3 Å². The molecule has 1 aromatic heterocycles. The van der Waals surface area contributed by atoms with Gasteiger partial charge in [-0.2, -0.15) is 5.10 Å². The fourth-order valence-electron chi connectivity index (χ4n) is 4.49. The third-order valence-corrected chi connectivity index (χ3v) is 7.96. The zero-order valence-corrected chi connectivity index (χ0v) is 19.4. The van der Waals surface area contributed by atoms with Crippen molar-refractivity contribution in [3.05, 3.63) is 76.6 Å². The van der Waals surface area contributed by atoms with Crippen LogP contribution in [0.5, 0.6) is 0 Å². The number of aryl methyl sites for hydroxylation is 2. The number of Topliss-reactive ketones (excluding diaryl/α,β-unsaturated/α-hetero) is 1. The molecule has 1 saturated carbocycles. The Hall–Kier alpha value is -2.93. The van der Waals surface area contributed by atoms with Crippen molar-refractivity contribution < 1.29 is 13.2 Å². The van der Waals surface area contributed by atoms with Crippen molar-refractivity contribution in [1.29, 1.82) is 0 Å². The summed E-state index contributed by atoms with van der Waals surface area (Å²) < 4.78 is 27.5. The molecule has 1 aliphatic rings. The van der Waals surface area contributed by atoms with Gasteiger partial charge in [0.2, 0.25) is 0 Å². The molecule has 0 spiro atoms. The van der Waals surface area contributed by atoms with E-state index in [0.717, 1.165) is 48.1 Å². The van der Waals surface area contributed by atoms with Gasteiger partial charge in [-0.3, -0.25) is 9.48 Å². The van der Waals surface area contributed by atoms with E-state index in [4.69, 9.17) is 10.8 Å². The number of aromatic nitrogens is 2. The Bertz CT molecular complexity index is 1230. The van der Waals surface area contributed by atoms with Gasteiger partial charge in [-0.05, 0) is 67.6 Å². The van der Waals surface area contributed by atoms with Crippen molar-refractivity contribution in [2.45, 2.75) is 56.9 Å². The molecule has 0 saturated heterocycles. The van der Waals surface area contributed by atoms with Crippen LogP contribution in [-0.2, 0) is 16.4 Å². The second kappa shape index (κ2) is 8.90. The minimum atomic E-state index is -3.82. The van der Waals surface area contributed by atoms with E-state index in [2.05, 4.69) is 0 Å². The molecule has 0 radical (unpaired) electrons. The number of carbonyl (C=O) groups excluding carboxylic acids is 1. The van der Waals surface area contributed by atoms with E-state index in [0.29, 0.717) is 23.8 Å². The molecule has 0 atom stereocenters. The molecule has 0 aliphatic heterocycles. The highest BCUT2D eigenvalue weighted by molar-refractivity contribution is 7.92. The summed E-state index contributed by atoms with van der Waals surface area (Å²) in [7, 11) is -3.82. The number of nitrogens with zero attached hydrogens (tertiary/aromatic N) is 2. The molecule has 2 aromatic carbocycles. The number of anilines is 1. The molecule has 1 fully saturated rings. The molecule has 2 N–H and O–H groups in total. The molecule has 0 amide bonds. The van der Waals surface area contributed by atoms with Crippen LogP contribution < -0.4 is 5.73 Å². The highest BCUT2D eigenvalue weighted by atomic mass is 32.2. The fourth-order valence-corrected chi connectivity index (χ4v) is 5.75. The third-order valence-electron chi connectivity index (χ3n) is 6.35. The van der Waals surface area contributed by atoms with E-state index >= 15 is 0 Å². The quantitative estimate of drug-likeness (QED) is 0.423. The number of hydrogen-bond acceptors (Lipinski definition) is 5. The van der Waals surface area contributed by atoms with Gasteiger partial charge in [-0.25, -0.2) is 8.42 Å². The maximum Gasteiger partial charge on any atom is 0.196 e. The van der Waals surface area contributed by atoms with Gasteiger partial charge in [0.05, 0.1) is 17.1 Å². The second-order valence-corrected chi connectivity index (χ2v) is 10.7. The van der Waals surface area contributed by atoms with Crippen LogP contribution in [-0.4, -0.2) is 29.7 Å². The van der Waals surface area contributed by atoms with Crippen LogP contribution in [0, 0.1) is 13.8 Å². The minimum Gasteiger partial charge on any atom is -0.399 e. The monoisotopic (exact) mass is 451 g/mol. The van der Waals surface area contributed by atoms with Crippen LogP contribution in [0.3, 0.4) is 0 Å². The molecule has 1 heterocycles. The number of nitrogens with two attached hydrogens (primary N) is 1. The molecule has 3 aromatic rings. The van der Waals surface area contributed by atoms with E-state index < -0.39 is 21.4 Å². The number of benzene rings is 2. The van der Waals surface area contributed by atoms with E-state index in [1.165, 1.54) is 12.1 Å². The lowest BCUT2D eigenvalue weighted by atomic mass is 10.0. The predicted molar refractivity (Wildman–Crippen MR) is 126 cm³/mol. The topological polar surface area (TPSA) is 95.0 Å². The molecular weight excluding hydrogens is 422 g/mol. The van der Waals surface area contributed by atoms with Crippen molar-refractivity contribution in [1.82, 2.24) is 9.78 Å². The van der Waals surface area contributed by atoms with E-state index in [9.17, 15) is 13.2 Å². The largest absolute Gasteiger partial charge is 0.399 e. The second-order valence-electron chi connectivity index (χ2n) is 8.72. The van der Waals surface area contributed by atoms with Crippen molar-refractivity contribution in [2.24, 2.45) is 0 Å². The first-order valence-corrected chi connectivity index (χ1v) is 12.6. The summed E-state index contributed by atoms with van der Waals surface area (Å²) in [5, 5.41) is 4.79. The van der Waals surface area contributed by atoms with Crippen LogP contribution in [0.1, 0.15) is 64.5 Å². The molecule has 168 valence electrons. The first-order valence-electron chi connectivity index (χ1n) is 11.0. The van der Waals surface area contributed by atoms with Crippen LogP contribution in [0.15, 0.2) is 53.4 Å². The van der Waals surface area contributed by atoms with Crippen molar-refractivity contribution in [3.63, 3.8) is 0 Å². The van der Waals surface area contributed by atoms with Gasteiger partial charge in [0.1, 0.15) is 11.4 Å². The number of sulfone groups is 1. The first-order chi connectivity index (χ1) is 15.2. The maximum absolute atomic E-state index is 13.3. The Labute approximate surface area is 189 Å². The highest BCUT2D eigenvalue weighted by Crippen LogP contribution is 2.34. The Balaban J connectivity index is 1.69. The standard InChI is InChI=1S/C25H29N3O3S/c1-17-7-5-8-18(2)22(17)15-28-24(14-23(27-28)19-9-3-4-10-19)25(29)16-32(30,31)21-12-6-11-20(26)13-21/h5-8,11-14,19H,3-4,9-10,15-16,26H2,1-2H3. The van der Waals surface area contributed by atoms with Gasteiger partial charge in [-0.15, -0.1) is 0 Å². The van der Waals surface area contributed by atoms with Gasteiger partial charge < -0.3 is 5.73 Å². The molecule has 4 rings (SSSR count). The average Bonchev–Trinajstić information content (AvgIpc) is 3.40. The lowest BCUT2D eigenvalue weighted by Crippen LogP contribution is -2.21. The molecule has 1 aliphatic carbocycles. The van der Waals surface area contributed by atoms with Gasteiger partial charge in [0, 0.05) is 11.6 Å². The van der Waals surface area contributed by atoms with E-state index in [1.807, 2.05) is 32.0 Å². The molecular formula is C25H29N3O3S. The van der Waals surface area contributed by atoms with Gasteiger partial charge in [-0.1, -0.05) is 37.1 Å². The van der Waals surface area contributed by atoms with Crippen molar-refractivity contribution in [2.75, 3.05) is 11.5 Å². The first kappa shape index (κ1) is 22.3. The summed E-state index contributed by atoms with van der Waals surface area (Å²) in [5.74, 6) is -0.736. The number of rotatable bonds is 7. The normalized spacial score (nSPS) is 14.7. The summed E-state index contributed by atoms with van der Waals surface area (Å²) in [4.78, 5) is 13.3.